The first-order valence-electron chi connectivity index (χ1n) is 9.14. The molecule has 1 aliphatic heterocycles. The van der Waals surface area contributed by atoms with Crippen LogP contribution in [0.4, 0.5) is 0 Å². The molecule has 0 spiro atoms. The summed E-state index contributed by atoms with van der Waals surface area (Å²) in [5.74, 6) is -0.629. The molecule has 3 atom stereocenters. The average Bonchev–Trinajstić information content (AvgIpc) is 2.87. The number of nitrogens with zero attached hydrogens (tertiary/aromatic N) is 1. The Hall–Kier alpha value is -2.21. The number of carbonyl (C=O) groups is 3. The summed E-state index contributed by atoms with van der Waals surface area (Å²) in [5.41, 5.74) is -0.0680. The minimum Gasteiger partial charge on any atom is -0.394 e. The zero-order chi connectivity index (χ0) is 19.3. The van der Waals surface area contributed by atoms with Crippen LogP contribution in [0, 0.1) is 5.92 Å². The van der Waals surface area contributed by atoms with Gasteiger partial charge in [0.15, 0.2) is 0 Å². The molecular formula is C20H28N2O4. The van der Waals surface area contributed by atoms with E-state index in [0.717, 1.165) is 12.0 Å². The fraction of sp³-hybridized carbons (Fsp3) is 0.550. The number of carbonyl (C=O) groups excluding carboxylic acids is 3. The van der Waals surface area contributed by atoms with Gasteiger partial charge in [-0.3, -0.25) is 19.3 Å². The molecule has 1 aromatic rings. The number of likely N-dealkylation sites (tertiary alicyclic amines) is 1. The number of hydrogen-bond acceptors (Lipinski definition) is 4. The van der Waals surface area contributed by atoms with Crippen molar-refractivity contribution >= 4 is 17.7 Å². The minimum atomic E-state index is -0.876. The van der Waals surface area contributed by atoms with E-state index in [1.165, 1.54) is 4.90 Å². The molecule has 6 heteroatoms. The second kappa shape index (κ2) is 8.45. The Labute approximate surface area is 154 Å². The smallest absolute Gasteiger partial charge is 0.240 e. The summed E-state index contributed by atoms with van der Waals surface area (Å²) >= 11 is 0. The van der Waals surface area contributed by atoms with E-state index in [-0.39, 0.29) is 55.7 Å². The van der Waals surface area contributed by atoms with Crippen molar-refractivity contribution in [1.82, 2.24) is 10.2 Å². The van der Waals surface area contributed by atoms with E-state index < -0.39 is 5.41 Å². The Morgan fingerprint density at radius 3 is 2.54 bits per heavy atom. The van der Waals surface area contributed by atoms with Crippen molar-refractivity contribution in [2.45, 2.75) is 51.5 Å². The highest BCUT2D eigenvalue weighted by Crippen LogP contribution is 2.36. The number of imide groups is 1. The molecule has 142 valence electrons. The molecule has 0 radical (unpaired) electrons. The van der Waals surface area contributed by atoms with Gasteiger partial charge in [0.05, 0.1) is 18.1 Å². The van der Waals surface area contributed by atoms with Crippen LogP contribution in [0.15, 0.2) is 30.3 Å². The first-order chi connectivity index (χ1) is 12.3. The lowest BCUT2D eigenvalue weighted by Crippen LogP contribution is -2.44. The van der Waals surface area contributed by atoms with Crippen molar-refractivity contribution in [1.29, 1.82) is 0 Å². The van der Waals surface area contributed by atoms with Crippen LogP contribution >= 0.6 is 0 Å². The van der Waals surface area contributed by atoms with Crippen LogP contribution in [0.25, 0.3) is 0 Å². The third-order valence-corrected chi connectivity index (χ3v) is 5.37. The van der Waals surface area contributed by atoms with E-state index >= 15 is 0 Å². The number of benzene rings is 1. The summed E-state index contributed by atoms with van der Waals surface area (Å²) in [7, 11) is 0. The molecular weight excluding hydrogens is 332 g/mol. The fourth-order valence-corrected chi connectivity index (χ4v) is 3.29. The summed E-state index contributed by atoms with van der Waals surface area (Å²) < 4.78 is 0. The van der Waals surface area contributed by atoms with E-state index in [1.54, 1.807) is 6.92 Å². The number of nitrogens with one attached hydrogen (secondary N) is 1. The molecule has 1 fully saturated rings. The molecule has 0 saturated carbocycles. The maximum atomic E-state index is 12.8. The van der Waals surface area contributed by atoms with Gasteiger partial charge in [0.25, 0.3) is 0 Å². The van der Waals surface area contributed by atoms with Crippen LogP contribution < -0.4 is 5.32 Å². The SMILES string of the molecule is CC[C@@H](C)[C@@H](CO)NC(=O)CCN1C(=O)C[C@](C)(c2ccccc2)C1=O. The van der Waals surface area contributed by atoms with Gasteiger partial charge < -0.3 is 10.4 Å². The van der Waals surface area contributed by atoms with Crippen LogP contribution in [-0.4, -0.2) is 46.9 Å². The van der Waals surface area contributed by atoms with Gasteiger partial charge in [0.2, 0.25) is 17.7 Å². The highest BCUT2D eigenvalue weighted by molar-refractivity contribution is 6.09. The molecule has 1 aromatic carbocycles. The number of hydrogen-bond donors (Lipinski definition) is 2. The Morgan fingerprint density at radius 1 is 1.31 bits per heavy atom. The lowest BCUT2D eigenvalue weighted by Gasteiger charge is -2.24. The summed E-state index contributed by atoms with van der Waals surface area (Å²) in [6.07, 6.45) is 0.989. The Kier molecular flexibility index (Phi) is 6.53. The van der Waals surface area contributed by atoms with E-state index in [2.05, 4.69) is 5.32 Å². The van der Waals surface area contributed by atoms with Gasteiger partial charge in [-0.25, -0.2) is 0 Å². The largest absolute Gasteiger partial charge is 0.394 e. The molecule has 2 N–H and O–H groups in total. The molecule has 0 aliphatic carbocycles. The minimum absolute atomic E-state index is 0.0370. The Balaban J connectivity index is 1.99. The molecule has 0 aromatic heterocycles. The van der Waals surface area contributed by atoms with Crippen molar-refractivity contribution in [2.75, 3.05) is 13.2 Å². The van der Waals surface area contributed by atoms with Crippen LogP contribution in [0.1, 0.15) is 45.6 Å². The van der Waals surface area contributed by atoms with E-state index in [0.29, 0.717) is 0 Å². The van der Waals surface area contributed by atoms with Crippen LogP contribution in [-0.2, 0) is 19.8 Å². The Morgan fingerprint density at radius 2 is 1.96 bits per heavy atom. The average molecular weight is 360 g/mol. The Bertz CT molecular complexity index is 661. The van der Waals surface area contributed by atoms with E-state index in [4.69, 9.17) is 0 Å². The first-order valence-corrected chi connectivity index (χ1v) is 9.14. The number of amides is 3. The maximum absolute atomic E-state index is 12.8. The van der Waals surface area contributed by atoms with Gasteiger partial charge in [0.1, 0.15) is 0 Å². The molecule has 1 heterocycles. The first kappa shape index (κ1) is 20.1. The van der Waals surface area contributed by atoms with E-state index in [1.807, 2.05) is 44.2 Å². The number of aliphatic hydroxyl groups is 1. The van der Waals surface area contributed by atoms with Gasteiger partial charge in [-0.2, -0.15) is 0 Å². The van der Waals surface area contributed by atoms with Gasteiger partial charge in [-0.15, -0.1) is 0 Å². The molecule has 6 nitrogen and oxygen atoms in total. The van der Waals surface area contributed by atoms with Crippen LogP contribution in [0.3, 0.4) is 0 Å². The second-order valence-electron chi connectivity index (χ2n) is 7.22. The van der Waals surface area contributed by atoms with Gasteiger partial charge >= 0.3 is 0 Å². The molecule has 0 unspecified atom stereocenters. The van der Waals surface area contributed by atoms with Crippen molar-refractivity contribution in [3.8, 4) is 0 Å². The predicted molar refractivity (Wildman–Crippen MR) is 98.2 cm³/mol. The second-order valence-corrected chi connectivity index (χ2v) is 7.22. The third-order valence-electron chi connectivity index (χ3n) is 5.37. The number of aliphatic hydroxyl groups excluding tert-OH is 1. The van der Waals surface area contributed by atoms with E-state index in [9.17, 15) is 19.5 Å². The van der Waals surface area contributed by atoms with Crippen molar-refractivity contribution in [3.63, 3.8) is 0 Å². The van der Waals surface area contributed by atoms with Gasteiger partial charge in [0, 0.05) is 19.4 Å². The summed E-state index contributed by atoms with van der Waals surface area (Å²) in [6.45, 7) is 5.65. The van der Waals surface area contributed by atoms with Crippen molar-refractivity contribution < 1.29 is 19.5 Å². The molecule has 1 saturated heterocycles. The highest BCUT2D eigenvalue weighted by atomic mass is 16.3. The zero-order valence-electron chi connectivity index (χ0n) is 15.7. The van der Waals surface area contributed by atoms with Gasteiger partial charge in [-0.1, -0.05) is 50.6 Å². The molecule has 1 aliphatic rings. The molecule has 0 bridgehead atoms. The monoisotopic (exact) mass is 360 g/mol. The predicted octanol–water partition coefficient (Wildman–Crippen LogP) is 1.62. The molecule has 3 amide bonds. The normalized spacial score (nSPS) is 22.4. The topological polar surface area (TPSA) is 86.7 Å². The van der Waals surface area contributed by atoms with Crippen molar-refractivity contribution in [2.24, 2.45) is 5.92 Å². The fourth-order valence-electron chi connectivity index (χ4n) is 3.29. The molecule has 2 rings (SSSR count). The zero-order valence-corrected chi connectivity index (χ0v) is 15.7. The summed E-state index contributed by atoms with van der Waals surface area (Å²) in [4.78, 5) is 38.5. The van der Waals surface area contributed by atoms with Crippen LogP contribution in [0.5, 0.6) is 0 Å². The number of rotatable bonds is 8. The maximum Gasteiger partial charge on any atom is 0.240 e. The van der Waals surface area contributed by atoms with Crippen LogP contribution in [0.2, 0.25) is 0 Å². The lowest BCUT2D eigenvalue weighted by atomic mass is 9.81. The standard InChI is InChI=1S/C20H28N2O4/c1-4-14(2)16(13-23)21-17(24)10-11-22-18(25)12-20(3,19(22)26)15-8-6-5-7-9-15/h5-9,14,16,23H,4,10-13H2,1-3H3,(H,21,24)/t14-,16-,20-/m1/s1. The highest BCUT2D eigenvalue weighted by Gasteiger charge is 2.49. The quantitative estimate of drug-likeness (QED) is 0.690. The third kappa shape index (κ3) is 4.12. The van der Waals surface area contributed by atoms with Gasteiger partial charge in [-0.05, 0) is 18.4 Å². The summed E-state index contributed by atoms with van der Waals surface area (Å²) in [6, 6.07) is 8.94. The lowest BCUT2D eigenvalue weighted by molar-refractivity contribution is -0.140. The van der Waals surface area contributed by atoms with Crippen molar-refractivity contribution in [3.05, 3.63) is 35.9 Å². The summed E-state index contributed by atoms with van der Waals surface area (Å²) in [5, 5.41) is 12.2. The molecule has 26 heavy (non-hydrogen) atoms.